The zero-order valence-electron chi connectivity index (χ0n) is 11.3. The van der Waals surface area contributed by atoms with Gasteiger partial charge in [0.25, 0.3) is 5.91 Å². The molecule has 0 saturated carbocycles. The van der Waals surface area contributed by atoms with Gasteiger partial charge in [-0.2, -0.15) is 0 Å². The monoisotopic (exact) mass is 474 g/mol. The fourth-order valence-electron chi connectivity index (χ4n) is 1.61. The Morgan fingerprint density at radius 3 is 2.55 bits per heavy atom. The lowest BCUT2D eigenvalue weighted by atomic mass is 10.1. The van der Waals surface area contributed by atoms with E-state index in [-0.39, 0.29) is 12.5 Å². The lowest BCUT2D eigenvalue weighted by molar-refractivity contribution is 0.0943. The van der Waals surface area contributed by atoms with Gasteiger partial charge in [-0.05, 0) is 54.6 Å². The highest BCUT2D eigenvalue weighted by molar-refractivity contribution is 14.1. The molecule has 20 heavy (non-hydrogen) atoms. The van der Waals surface area contributed by atoms with E-state index in [0.29, 0.717) is 5.56 Å². The van der Waals surface area contributed by atoms with Crippen LogP contribution < -0.4 is 10.0 Å². The standard InChI is InChI=1S/C12H16BrIN2O3S/c1-12(2,16-20(3,18)19)7-15-11(17)9-6-8(13)4-5-10(9)14/h4-6,16H,7H2,1-3H3,(H,15,17). The third-order valence-corrected chi connectivity index (χ3v) is 4.68. The first-order valence-corrected chi connectivity index (χ1v) is 9.49. The molecular formula is C12H16BrIN2O3S. The van der Waals surface area contributed by atoms with Gasteiger partial charge in [0, 0.05) is 20.1 Å². The number of carbonyl (C=O) groups excluding carboxylic acids is 1. The normalized spacial score (nSPS) is 12.2. The second-order valence-corrected chi connectivity index (χ2v) is 8.89. The smallest absolute Gasteiger partial charge is 0.252 e. The lowest BCUT2D eigenvalue weighted by Crippen LogP contribution is -2.51. The SMILES string of the molecule is CC(C)(CNC(=O)c1cc(Br)ccc1I)NS(C)(=O)=O. The summed E-state index contributed by atoms with van der Waals surface area (Å²) in [5.41, 5.74) is -0.198. The molecule has 1 aromatic carbocycles. The Morgan fingerprint density at radius 2 is 2.00 bits per heavy atom. The van der Waals surface area contributed by atoms with Crippen molar-refractivity contribution in [3.8, 4) is 0 Å². The number of halogens is 2. The lowest BCUT2D eigenvalue weighted by Gasteiger charge is -2.25. The molecule has 0 spiro atoms. The molecule has 1 amide bonds. The summed E-state index contributed by atoms with van der Waals surface area (Å²) in [6.45, 7) is 3.61. The number of rotatable bonds is 5. The van der Waals surface area contributed by atoms with Gasteiger partial charge in [-0.15, -0.1) is 0 Å². The Hall–Kier alpha value is -0.190. The number of sulfonamides is 1. The zero-order valence-corrected chi connectivity index (χ0v) is 15.9. The average molecular weight is 475 g/mol. The van der Waals surface area contributed by atoms with Crippen LogP contribution in [0, 0.1) is 3.57 Å². The predicted octanol–water partition coefficient (Wildman–Crippen LogP) is 2.11. The number of nitrogens with one attached hydrogen (secondary N) is 2. The first-order chi connectivity index (χ1) is 9.00. The highest BCUT2D eigenvalue weighted by Crippen LogP contribution is 2.18. The van der Waals surface area contributed by atoms with Crippen LogP contribution in [0.4, 0.5) is 0 Å². The van der Waals surface area contributed by atoms with Crippen molar-refractivity contribution < 1.29 is 13.2 Å². The van der Waals surface area contributed by atoms with Crippen molar-refractivity contribution in [2.24, 2.45) is 0 Å². The van der Waals surface area contributed by atoms with Gasteiger partial charge in [0.05, 0.1) is 11.8 Å². The van der Waals surface area contributed by atoms with E-state index in [9.17, 15) is 13.2 Å². The van der Waals surface area contributed by atoms with Crippen molar-refractivity contribution in [1.29, 1.82) is 0 Å². The summed E-state index contributed by atoms with van der Waals surface area (Å²) in [6, 6.07) is 5.42. The minimum Gasteiger partial charge on any atom is -0.350 e. The summed E-state index contributed by atoms with van der Waals surface area (Å²) in [4.78, 5) is 12.1. The van der Waals surface area contributed by atoms with E-state index in [1.54, 1.807) is 19.9 Å². The van der Waals surface area contributed by atoms with E-state index in [0.717, 1.165) is 14.3 Å². The Labute approximate surface area is 141 Å². The van der Waals surface area contributed by atoms with Crippen LogP contribution >= 0.6 is 38.5 Å². The summed E-state index contributed by atoms with van der Waals surface area (Å²) in [7, 11) is -3.32. The van der Waals surface area contributed by atoms with Gasteiger partial charge >= 0.3 is 0 Å². The molecule has 0 atom stereocenters. The Balaban J connectivity index is 2.75. The summed E-state index contributed by atoms with van der Waals surface area (Å²) in [6.07, 6.45) is 1.09. The van der Waals surface area contributed by atoms with Crippen molar-refractivity contribution in [1.82, 2.24) is 10.0 Å². The topological polar surface area (TPSA) is 75.3 Å². The maximum atomic E-state index is 12.1. The van der Waals surface area contributed by atoms with Crippen LogP contribution in [-0.2, 0) is 10.0 Å². The van der Waals surface area contributed by atoms with Crippen molar-refractivity contribution in [2.75, 3.05) is 12.8 Å². The first-order valence-electron chi connectivity index (χ1n) is 5.72. The van der Waals surface area contributed by atoms with Crippen LogP contribution in [0.3, 0.4) is 0 Å². The van der Waals surface area contributed by atoms with Crippen molar-refractivity contribution in [3.63, 3.8) is 0 Å². The van der Waals surface area contributed by atoms with E-state index in [1.807, 2.05) is 12.1 Å². The van der Waals surface area contributed by atoms with E-state index in [4.69, 9.17) is 0 Å². The van der Waals surface area contributed by atoms with Crippen LogP contribution in [0.2, 0.25) is 0 Å². The van der Waals surface area contributed by atoms with E-state index in [1.165, 1.54) is 0 Å². The summed E-state index contributed by atoms with van der Waals surface area (Å²) in [5.74, 6) is -0.237. The van der Waals surface area contributed by atoms with Gasteiger partial charge in [0.15, 0.2) is 0 Å². The molecule has 0 unspecified atom stereocenters. The van der Waals surface area contributed by atoms with Crippen LogP contribution in [-0.4, -0.2) is 32.7 Å². The average Bonchev–Trinajstić information content (AvgIpc) is 2.26. The largest absolute Gasteiger partial charge is 0.350 e. The Kier molecular flexibility index (Phi) is 6.00. The number of carbonyl (C=O) groups is 1. The molecule has 1 aromatic rings. The van der Waals surface area contributed by atoms with E-state index >= 15 is 0 Å². The fourth-order valence-corrected chi connectivity index (χ4v) is 3.62. The molecule has 0 fully saturated rings. The second kappa shape index (κ2) is 6.71. The maximum absolute atomic E-state index is 12.1. The first kappa shape index (κ1) is 17.9. The molecule has 0 saturated heterocycles. The molecule has 0 aliphatic carbocycles. The summed E-state index contributed by atoms with van der Waals surface area (Å²) in [5, 5.41) is 2.74. The molecule has 112 valence electrons. The molecule has 1 rings (SSSR count). The second-order valence-electron chi connectivity index (χ2n) is 5.06. The molecule has 0 aromatic heterocycles. The van der Waals surface area contributed by atoms with Gasteiger partial charge < -0.3 is 5.32 Å². The molecule has 0 bridgehead atoms. The van der Waals surface area contributed by atoms with Crippen LogP contribution in [0.1, 0.15) is 24.2 Å². The van der Waals surface area contributed by atoms with Gasteiger partial charge in [-0.3, -0.25) is 4.79 Å². The summed E-state index contributed by atoms with van der Waals surface area (Å²) >= 11 is 5.40. The summed E-state index contributed by atoms with van der Waals surface area (Å²) < 4.78 is 26.6. The molecule has 0 aliphatic rings. The number of hydrogen-bond donors (Lipinski definition) is 2. The Bertz CT molecular complexity index is 617. The van der Waals surface area contributed by atoms with Crippen LogP contribution in [0.25, 0.3) is 0 Å². The molecule has 0 aliphatic heterocycles. The van der Waals surface area contributed by atoms with E-state index in [2.05, 4.69) is 48.6 Å². The third-order valence-electron chi connectivity index (χ3n) is 2.33. The molecular weight excluding hydrogens is 459 g/mol. The predicted molar refractivity (Wildman–Crippen MR) is 91.3 cm³/mol. The van der Waals surface area contributed by atoms with Crippen LogP contribution in [0.5, 0.6) is 0 Å². The van der Waals surface area contributed by atoms with Crippen molar-refractivity contribution in [2.45, 2.75) is 19.4 Å². The van der Waals surface area contributed by atoms with Crippen molar-refractivity contribution in [3.05, 3.63) is 31.8 Å². The maximum Gasteiger partial charge on any atom is 0.252 e. The van der Waals surface area contributed by atoms with Gasteiger partial charge in [-0.1, -0.05) is 15.9 Å². The number of amides is 1. The minimum absolute atomic E-state index is 0.196. The third kappa shape index (κ3) is 6.06. The van der Waals surface area contributed by atoms with E-state index < -0.39 is 15.6 Å². The van der Waals surface area contributed by atoms with Crippen molar-refractivity contribution >= 4 is 54.5 Å². The fraction of sp³-hybridized carbons (Fsp3) is 0.417. The van der Waals surface area contributed by atoms with Crippen LogP contribution in [0.15, 0.2) is 22.7 Å². The highest BCUT2D eigenvalue weighted by atomic mass is 127. The molecule has 0 heterocycles. The number of benzene rings is 1. The zero-order chi connectivity index (χ0) is 15.6. The van der Waals surface area contributed by atoms with Gasteiger partial charge in [0.2, 0.25) is 10.0 Å². The molecule has 5 nitrogen and oxygen atoms in total. The quantitative estimate of drug-likeness (QED) is 0.642. The molecule has 2 N–H and O–H groups in total. The van der Waals surface area contributed by atoms with Gasteiger partial charge in [0.1, 0.15) is 0 Å². The number of hydrogen-bond acceptors (Lipinski definition) is 3. The molecule has 8 heteroatoms. The highest BCUT2D eigenvalue weighted by Gasteiger charge is 2.23. The molecule has 0 radical (unpaired) electrons. The van der Waals surface area contributed by atoms with Gasteiger partial charge in [-0.25, -0.2) is 13.1 Å². The minimum atomic E-state index is -3.32. The Morgan fingerprint density at radius 1 is 1.40 bits per heavy atom.